The van der Waals surface area contributed by atoms with E-state index in [2.05, 4.69) is 82.1 Å². The molecule has 1 aliphatic carbocycles. The third kappa shape index (κ3) is 8.09. The second-order valence-electron chi connectivity index (χ2n) is 10.2. The van der Waals surface area contributed by atoms with Crippen LogP contribution in [0.25, 0.3) is 0 Å². The molecule has 2 aliphatic rings. The zero-order valence-corrected chi connectivity index (χ0v) is 25.9. The van der Waals surface area contributed by atoms with Gasteiger partial charge in [-0.1, -0.05) is 85.9 Å². The first-order valence-electron chi connectivity index (χ1n) is 14.5. The largest absolute Gasteiger partial charge is 0.383 e. The molecule has 1 unspecified atom stereocenters. The Bertz CT molecular complexity index is 1060. The molecular formula is C32H45BrClN3O. The summed E-state index contributed by atoms with van der Waals surface area (Å²) < 4.78 is 1.06. The monoisotopic (exact) mass is 601 g/mol. The van der Waals surface area contributed by atoms with E-state index in [0.717, 1.165) is 78.8 Å². The first-order chi connectivity index (χ1) is 18.4. The number of nitrogens with one attached hydrogen (secondary N) is 3. The highest BCUT2D eigenvalue weighted by Crippen LogP contribution is 2.50. The number of hydrogen-bond donors (Lipinski definition) is 3. The maximum atomic E-state index is 14.0. The summed E-state index contributed by atoms with van der Waals surface area (Å²) in [6.07, 6.45) is 9.95. The molecule has 0 radical (unpaired) electrons. The number of carbonyl (C=O) groups excluding carboxylic acids is 1. The van der Waals surface area contributed by atoms with Crippen molar-refractivity contribution in [3.8, 4) is 0 Å². The number of benzene rings is 2. The highest BCUT2D eigenvalue weighted by Gasteiger charge is 2.52. The molecule has 2 fully saturated rings. The molecule has 1 saturated carbocycles. The van der Waals surface area contributed by atoms with Gasteiger partial charge >= 0.3 is 0 Å². The molecule has 4 nitrogen and oxygen atoms in total. The minimum Gasteiger partial charge on any atom is -0.383 e. The third-order valence-electron chi connectivity index (χ3n) is 7.41. The SMILES string of the molecule is CC.CC/C=C(\NC1CCCNC1)[C@H](Cc1ccc(Br)cc1)NC(=O)C1(c2ccc(Cl)cc2CCC)CC1. The highest BCUT2D eigenvalue weighted by atomic mass is 79.9. The van der Waals surface area contributed by atoms with Gasteiger partial charge in [0, 0.05) is 27.8 Å². The van der Waals surface area contributed by atoms with E-state index in [-0.39, 0.29) is 11.9 Å². The molecule has 1 aliphatic heterocycles. The van der Waals surface area contributed by atoms with Gasteiger partial charge in [-0.3, -0.25) is 4.79 Å². The van der Waals surface area contributed by atoms with Crippen molar-refractivity contribution < 1.29 is 4.79 Å². The Morgan fingerprint density at radius 2 is 1.92 bits per heavy atom. The fraction of sp³-hybridized carbons (Fsp3) is 0.531. The average molecular weight is 603 g/mol. The second-order valence-corrected chi connectivity index (χ2v) is 11.6. The Labute approximate surface area is 243 Å². The number of amides is 1. The van der Waals surface area contributed by atoms with Crippen LogP contribution in [0, 0.1) is 0 Å². The summed E-state index contributed by atoms with van der Waals surface area (Å²) in [5.74, 6) is 0.134. The van der Waals surface area contributed by atoms with E-state index in [1.165, 1.54) is 17.5 Å². The van der Waals surface area contributed by atoms with Crippen molar-refractivity contribution in [2.75, 3.05) is 13.1 Å². The summed E-state index contributed by atoms with van der Waals surface area (Å²) in [6.45, 7) is 10.4. The van der Waals surface area contributed by atoms with Gasteiger partial charge in [-0.15, -0.1) is 0 Å². The van der Waals surface area contributed by atoms with E-state index in [0.29, 0.717) is 6.04 Å². The molecule has 6 heteroatoms. The van der Waals surface area contributed by atoms with Gasteiger partial charge in [0.1, 0.15) is 0 Å². The predicted molar refractivity (Wildman–Crippen MR) is 165 cm³/mol. The number of piperidine rings is 1. The molecule has 0 spiro atoms. The molecule has 2 aromatic carbocycles. The van der Waals surface area contributed by atoms with Gasteiger partial charge in [0.2, 0.25) is 5.91 Å². The fourth-order valence-electron chi connectivity index (χ4n) is 5.37. The van der Waals surface area contributed by atoms with Gasteiger partial charge in [0.25, 0.3) is 0 Å². The Morgan fingerprint density at radius 1 is 1.18 bits per heavy atom. The minimum atomic E-state index is -0.448. The fourth-order valence-corrected chi connectivity index (χ4v) is 5.83. The predicted octanol–water partition coefficient (Wildman–Crippen LogP) is 7.48. The van der Waals surface area contributed by atoms with Crippen LogP contribution in [0.3, 0.4) is 0 Å². The molecule has 1 amide bonds. The van der Waals surface area contributed by atoms with Crippen LogP contribution in [0.5, 0.6) is 0 Å². The molecule has 208 valence electrons. The molecule has 4 rings (SSSR count). The summed E-state index contributed by atoms with van der Waals surface area (Å²) in [6, 6.07) is 14.8. The number of halogens is 2. The van der Waals surface area contributed by atoms with E-state index < -0.39 is 5.41 Å². The third-order valence-corrected chi connectivity index (χ3v) is 8.18. The smallest absolute Gasteiger partial charge is 0.231 e. The van der Waals surface area contributed by atoms with Crippen LogP contribution >= 0.6 is 27.5 Å². The summed E-state index contributed by atoms with van der Waals surface area (Å²) >= 11 is 9.88. The van der Waals surface area contributed by atoms with Gasteiger partial charge in [-0.05, 0) is 92.4 Å². The van der Waals surface area contributed by atoms with Gasteiger partial charge < -0.3 is 16.0 Å². The molecule has 0 bridgehead atoms. The van der Waals surface area contributed by atoms with E-state index in [1.54, 1.807) is 0 Å². The Balaban J connectivity index is 0.00000195. The number of carbonyl (C=O) groups is 1. The van der Waals surface area contributed by atoms with Crippen molar-refractivity contribution in [1.82, 2.24) is 16.0 Å². The van der Waals surface area contributed by atoms with Crippen LogP contribution in [-0.4, -0.2) is 31.1 Å². The Morgan fingerprint density at radius 3 is 2.53 bits per heavy atom. The zero-order valence-electron chi connectivity index (χ0n) is 23.5. The summed E-state index contributed by atoms with van der Waals surface area (Å²) in [4.78, 5) is 14.0. The Kier molecular flexibility index (Phi) is 12.2. The topological polar surface area (TPSA) is 53.2 Å². The number of allylic oxidation sites excluding steroid dienone is 1. The molecule has 3 N–H and O–H groups in total. The zero-order chi connectivity index (χ0) is 27.5. The van der Waals surface area contributed by atoms with Crippen LogP contribution in [0.4, 0.5) is 0 Å². The van der Waals surface area contributed by atoms with Crippen molar-refractivity contribution in [2.45, 2.75) is 96.6 Å². The molecule has 2 atom stereocenters. The van der Waals surface area contributed by atoms with Crippen molar-refractivity contribution in [3.05, 3.63) is 80.4 Å². The van der Waals surface area contributed by atoms with Crippen molar-refractivity contribution in [1.29, 1.82) is 0 Å². The molecule has 1 heterocycles. The lowest BCUT2D eigenvalue weighted by Crippen LogP contribution is -2.50. The van der Waals surface area contributed by atoms with Gasteiger partial charge in [0.15, 0.2) is 0 Å². The maximum Gasteiger partial charge on any atom is 0.231 e. The van der Waals surface area contributed by atoms with E-state index >= 15 is 0 Å². The van der Waals surface area contributed by atoms with Crippen molar-refractivity contribution in [2.24, 2.45) is 0 Å². The number of rotatable bonds is 11. The van der Waals surface area contributed by atoms with Crippen LogP contribution in [0.1, 0.15) is 82.9 Å². The van der Waals surface area contributed by atoms with Crippen molar-refractivity contribution >= 4 is 33.4 Å². The normalized spacial score (nSPS) is 19.1. The minimum absolute atomic E-state index is 0.111. The van der Waals surface area contributed by atoms with Gasteiger partial charge in [0.05, 0.1) is 11.5 Å². The van der Waals surface area contributed by atoms with E-state index in [4.69, 9.17) is 11.6 Å². The summed E-state index contributed by atoms with van der Waals surface area (Å²) in [5.41, 5.74) is 4.24. The van der Waals surface area contributed by atoms with E-state index in [9.17, 15) is 4.79 Å². The highest BCUT2D eigenvalue weighted by molar-refractivity contribution is 9.10. The van der Waals surface area contributed by atoms with Crippen LogP contribution in [0.2, 0.25) is 5.02 Å². The maximum absolute atomic E-state index is 14.0. The first-order valence-corrected chi connectivity index (χ1v) is 15.6. The molecule has 0 aromatic heterocycles. The lowest BCUT2D eigenvalue weighted by Gasteiger charge is -2.31. The van der Waals surface area contributed by atoms with Crippen LogP contribution in [-0.2, 0) is 23.1 Å². The van der Waals surface area contributed by atoms with Gasteiger partial charge in [-0.25, -0.2) is 0 Å². The molecular weight excluding hydrogens is 558 g/mol. The van der Waals surface area contributed by atoms with Gasteiger partial charge in [-0.2, -0.15) is 0 Å². The molecule has 1 saturated heterocycles. The first kappa shape index (κ1) is 30.7. The summed E-state index contributed by atoms with van der Waals surface area (Å²) in [7, 11) is 0. The lowest BCUT2D eigenvalue weighted by molar-refractivity contribution is -0.124. The van der Waals surface area contributed by atoms with Crippen LogP contribution in [0.15, 0.2) is 58.7 Å². The Hall–Kier alpha value is -1.82. The quantitative estimate of drug-likeness (QED) is 0.250. The number of aryl methyl sites for hydroxylation is 1. The standard InChI is InChI=1S/C30H39BrClN3O.C2H6/c1-3-6-22-19-24(32)13-14-26(22)30(15-16-30)29(36)35-28(18-21-9-11-23(31)12-10-21)27(7-4-2)34-25-8-5-17-33-20-25;1-2/h7,9-14,19,25,28,33-34H,3-6,8,15-18,20H2,1-2H3,(H,35,36);1-2H3/b27-7-;/t25?,28-;/m0./s1. The summed E-state index contributed by atoms with van der Waals surface area (Å²) in [5, 5.41) is 11.6. The second kappa shape index (κ2) is 15.1. The average Bonchev–Trinajstić information content (AvgIpc) is 3.73. The lowest BCUT2D eigenvalue weighted by atomic mass is 9.88. The number of hydrogen-bond acceptors (Lipinski definition) is 3. The molecule has 38 heavy (non-hydrogen) atoms. The molecule has 2 aromatic rings. The van der Waals surface area contributed by atoms with Crippen LogP contribution < -0.4 is 16.0 Å². The van der Waals surface area contributed by atoms with Crippen molar-refractivity contribution in [3.63, 3.8) is 0 Å². The van der Waals surface area contributed by atoms with E-state index in [1.807, 2.05) is 26.0 Å².